The first-order valence-electron chi connectivity index (χ1n) is 6.52. The van der Waals surface area contributed by atoms with E-state index in [1.54, 1.807) is 12.1 Å². The van der Waals surface area contributed by atoms with Gasteiger partial charge in [-0.15, -0.1) is 0 Å². The van der Waals surface area contributed by atoms with Gasteiger partial charge in [0.05, 0.1) is 6.61 Å². The van der Waals surface area contributed by atoms with Crippen LogP contribution >= 0.6 is 0 Å². The molecule has 1 fully saturated rings. The van der Waals surface area contributed by atoms with E-state index in [-0.39, 0.29) is 23.9 Å². The molecule has 0 spiro atoms. The molecule has 1 aliphatic carbocycles. The quantitative estimate of drug-likeness (QED) is 0.665. The number of carbonyl (C=O) groups is 2. The van der Waals surface area contributed by atoms with E-state index in [1.807, 2.05) is 13.8 Å². The molecule has 108 valence electrons. The molecule has 2 atom stereocenters. The van der Waals surface area contributed by atoms with E-state index in [4.69, 9.17) is 15.5 Å². The molecule has 0 saturated heterocycles. The van der Waals surface area contributed by atoms with Crippen LogP contribution in [0.1, 0.15) is 29.0 Å². The zero-order valence-corrected chi connectivity index (χ0v) is 11.9. The Hall–Kier alpha value is -1.72. The standard InChI is InChI=1S/C15H19NO4/c1-8-4-11(20-16)5-9(2)13(8)14-12(17)6-10(7-19-3)15(14)18/h4-5,10,14H,6-7,16H2,1-3H3. The second-order valence-corrected chi connectivity index (χ2v) is 5.25. The third kappa shape index (κ3) is 2.46. The second kappa shape index (κ2) is 5.73. The number of hydrogen-bond acceptors (Lipinski definition) is 5. The number of ether oxygens (including phenoxy) is 1. The molecule has 0 radical (unpaired) electrons. The zero-order chi connectivity index (χ0) is 14.9. The van der Waals surface area contributed by atoms with Crippen molar-refractivity contribution in [2.24, 2.45) is 11.8 Å². The maximum absolute atomic E-state index is 12.4. The molecule has 5 heteroatoms. The van der Waals surface area contributed by atoms with Gasteiger partial charge >= 0.3 is 0 Å². The molecule has 20 heavy (non-hydrogen) atoms. The molecule has 2 rings (SSSR count). The largest absolute Gasteiger partial charge is 0.412 e. The van der Waals surface area contributed by atoms with Crippen molar-refractivity contribution < 1.29 is 19.2 Å². The van der Waals surface area contributed by atoms with Crippen molar-refractivity contribution in [3.63, 3.8) is 0 Å². The molecule has 0 aromatic heterocycles. The lowest BCUT2D eigenvalue weighted by atomic mass is 9.87. The monoisotopic (exact) mass is 277 g/mol. The van der Waals surface area contributed by atoms with Crippen molar-refractivity contribution in [1.82, 2.24) is 0 Å². The Balaban J connectivity index is 2.41. The fraction of sp³-hybridized carbons (Fsp3) is 0.467. The van der Waals surface area contributed by atoms with Crippen molar-refractivity contribution in [2.45, 2.75) is 26.2 Å². The van der Waals surface area contributed by atoms with Crippen LogP contribution in [-0.4, -0.2) is 25.3 Å². The molecule has 0 aliphatic heterocycles. The smallest absolute Gasteiger partial charge is 0.153 e. The molecular formula is C15H19NO4. The van der Waals surface area contributed by atoms with Crippen LogP contribution < -0.4 is 10.7 Å². The minimum atomic E-state index is -0.679. The summed E-state index contributed by atoms with van der Waals surface area (Å²) in [4.78, 5) is 29.3. The fourth-order valence-electron chi connectivity index (χ4n) is 2.96. The van der Waals surface area contributed by atoms with E-state index < -0.39 is 5.92 Å². The van der Waals surface area contributed by atoms with Gasteiger partial charge in [0.25, 0.3) is 0 Å². The number of carbonyl (C=O) groups excluding carboxylic acids is 2. The Bertz CT molecular complexity index is 530. The molecule has 0 bridgehead atoms. The molecule has 0 amide bonds. The lowest BCUT2D eigenvalue weighted by molar-refractivity contribution is -0.125. The van der Waals surface area contributed by atoms with Gasteiger partial charge in [-0.3, -0.25) is 9.59 Å². The summed E-state index contributed by atoms with van der Waals surface area (Å²) in [5.74, 6) is 4.58. The second-order valence-electron chi connectivity index (χ2n) is 5.25. The van der Waals surface area contributed by atoms with E-state index >= 15 is 0 Å². The SMILES string of the molecule is COCC1CC(=O)C(c2c(C)cc(ON)cc2C)C1=O. The first kappa shape index (κ1) is 14.7. The number of methoxy groups -OCH3 is 1. The maximum Gasteiger partial charge on any atom is 0.153 e. The summed E-state index contributed by atoms with van der Waals surface area (Å²) in [7, 11) is 1.54. The van der Waals surface area contributed by atoms with Crippen LogP contribution in [0.4, 0.5) is 0 Å². The Morgan fingerprint density at radius 2 is 1.85 bits per heavy atom. The van der Waals surface area contributed by atoms with Gasteiger partial charge in [-0.1, -0.05) is 0 Å². The molecule has 0 heterocycles. The third-order valence-corrected chi connectivity index (χ3v) is 3.82. The predicted octanol–water partition coefficient (Wildman–Crippen LogP) is 1.44. The van der Waals surface area contributed by atoms with Gasteiger partial charge in [0, 0.05) is 19.4 Å². The van der Waals surface area contributed by atoms with Crippen LogP contribution in [0, 0.1) is 19.8 Å². The Morgan fingerprint density at radius 3 is 2.35 bits per heavy atom. The van der Waals surface area contributed by atoms with Gasteiger partial charge in [-0.2, -0.15) is 5.90 Å². The van der Waals surface area contributed by atoms with E-state index in [2.05, 4.69) is 0 Å². The summed E-state index contributed by atoms with van der Waals surface area (Å²) in [5.41, 5.74) is 2.46. The highest BCUT2D eigenvalue weighted by Gasteiger charge is 2.43. The van der Waals surface area contributed by atoms with Gasteiger partial charge in [0.1, 0.15) is 17.5 Å². The van der Waals surface area contributed by atoms with Crippen molar-refractivity contribution in [3.8, 4) is 5.75 Å². The van der Waals surface area contributed by atoms with Gasteiger partial charge < -0.3 is 9.57 Å². The molecular weight excluding hydrogens is 258 g/mol. The van der Waals surface area contributed by atoms with Crippen LogP contribution in [0.5, 0.6) is 5.75 Å². The molecule has 5 nitrogen and oxygen atoms in total. The summed E-state index contributed by atoms with van der Waals surface area (Å²) in [6.07, 6.45) is 0.255. The lowest BCUT2D eigenvalue weighted by Crippen LogP contribution is -2.20. The van der Waals surface area contributed by atoms with Crippen LogP contribution in [0.15, 0.2) is 12.1 Å². The van der Waals surface area contributed by atoms with E-state index in [0.717, 1.165) is 16.7 Å². The van der Waals surface area contributed by atoms with Gasteiger partial charge in [0.2, 0.25) is 0 Å². The van der Waals surface area contributed by atoms with E-state index in [9.17, 15) is 9.59 Å². The number of aryl methyl sites for hydroxylation is 2. The van der Waals surface area contributed by atoms with Crippen molar-refractivity contribution in [3.05, 3.63) is 28.8 Å². The zero-order valence-electron chi connectivity index (χ0n) is 11.9. The summed E-state index contributed by atoms with van der Waals surface area (Å²) >= 11 is 0. The maximum atomic E-state index is 12.4. The predicted molar refractivity (Wildman–Crippen MR) is 73.5 cm³/mol. The summed E-state index contributed by atoms with van der Waals surface area (Å²) in [6, 6.07) is 3.49. The minimum absolute atomic E-state index is 0.0373. The van der Waals surface area contributed by atoms with Crippen molar-refractivity contribution in [1.29, 1.82) is 0 Å². The molecule has 1 aromatic carbocycles. The van der Waals surface area contributed by atoms with Crippen LogP contribution in [0.3, 0.4) is 0 Å². The topological polar surface area (TPSA) is 78.6 Å². The first-order chi connectivity index (χ1) is 9.49. The van der Waals surface area contributed by atoms with Crippen LogP contribution in [0.25, 0.3) is 0 Å². The highest BCUT2D eigenvalue weighted by molar-refractivity contribution is 6.15. The van der Waals surface area contributed by atoms with Crippen molar-refractivity contribution in [2.75, 3.05) is 13.7 Å². The van der Waals surface area contributed by atoms with Crippen molar-refractivity contribution >= 4 is 11.6 Å². The molecule has 1 saturated carbocycles. The van der Waals surface area contributed by atoms with Gasteiger partial charge in [-0.25, -0.2) is 0 Å². The average molecular weight is 277 g/mol. The summed E-state index contributed by atoms with van der Waals surface area (Å²) in [5, 5.41) is 0. The molecule has 2 unspecified atom stereocenters. The van der Waals surface area contributed by atoms with E-state index in [1.165, 1.54) is 7.11 Å². The van der Waals surface area contributed by atoms with Gasteiger partial charge in [-0.05, 0) is 42.7 Å². The summed E-state index contributed by atoms with van der Waals surface area (Å²) in [6.45, 7) is 4.01. The normalized spacial score (nSPS) is 22.4. The number of Topliss-reactive ketones (excluding diaryl/α,β-unsaturated/α-hetero) is 2. The average Bonchev–Trinajstić information content (AvgIpc) is 2.66. The third-order valence-electron chi connectivity index (χ3n) is 3.82. The highest BCUT2D eigenvalue weighted by atomic mass is 16.6. The Labute approximate surface area is 118 Å². The Kier molecular flexibility index (Phi) is 4.20. The number of benzene rings is 1. The van der Waals surface area contributed by atoms with Crippen LogP contribution in [0.2, 0.25) is 0 Å². The lowest BCUT2D eigenvalue weighted by Gasteiger charge is -2.16. The van der Waals surface area contributed by atoms with E-state index in [0.29, 0.717) is 12.4 Å². The first-order valence-corrected chi connectivity index (χ1v) is 6.52. The van der Waals surface area contributed by atoms with Gasteiger partial charge in [0.15, 0.2) is 5.78 Å². The summed E-state index contributed by atoms with van der Waals surface area (Å²) < 4.78 is 5.02. The number of rotatable bonds is 4. The number of nitrogens with two attached hydrogens (primary N) is 1. The fourth-order valence-corrected chi connectivity index (χ4v) is 2.96. The minimum Gasteiger partial charge on any atom is -0.412 e. The molecule has 1 aliphatic rings. The highest BCUT2D eigenvalue weighted by Crippen LogP contribution is 2.37. The number of ketones is 2. The Morgan fingerprint density at radius 1 is 1.25 bits per heavy atom. The molecule has 2 N–H and O–H groups in total. The van der Waals surface area contributed by atoms with Crippen LogP contribution in [-0.2, 0) is 14.3 Å². The number of hydrogen-bond donors (Lipinski definition) is 1. The molecule has 1 aromatic rings.